The van der Waals surface area contributed by atoms with E-state index in [9.17, 15) is 4.79 Å². The first-order chi connectivity index (χ1) is 5.79. The lowest BCUT2D eigenvalue weighted by molar-refractivity contribution is -0.117. The fraction of sp³-hybridized carbons (Fsp3) is 0.700. The Balaban J connectivity index is 1.76. The van der Waals surface area contributed by atoms with Crippen LogP contribution in [0.15, 0.2) is 12.2 Å². The summed E-state index contributed by atoms with van der Waals surface area (Å²) in [6, 6.07) is 0.470. The molecule has 2 aliphatic rings. The summed E-state index contributed by atoms with van der Waals surface area (Å²) in [6.45, 7) is 1.87. The maximum Gasteiger partial charge on any atom is 0.243 e. The molecule has 2 atom stereocenters. The third-order valence-electron chi connectivity index (χ3n) is 2.91. The summed E-state index contributed by atoms with van der Waals surface area (Å²) in [5.74, 6) is 1.96. The van der Waals surface area contributed by atoms with Gasteiger partial charge in [-0.2, -0.15) is 0 Å². The van der Waals surface area contributed by atoms with Crippen molar-refractivity contribution in [2.45, 2.75) is 32.2 Å². The smallest absolute Gasteiger partial charge is 0.243 e. The van der Waals surface area contributed by atoms with Gasteiger partial charge >= 0.3 is 0 Å². The van der Waals surface area contributed by atoms with Gasteiger partial charge in [0.05, 0.1) is 0 Å². The molecular weight excluding hydrogens is 150 g/mol. The fourth-order valence-corrected chi connectivity index (χ4v) is 2.23. The molecule has 1 amide bonds. The van der Waals surface area contributed by atoms with E-state index in [1.807, 2.05) is 6.92 Å². The lowest BCUT2D eigenvalue weighted by atomic mass is 10.1. The molecule has 2 heteroatoms. The third kappa shape index (κ3) is 1.52. The Kier molecular flexibility index (Phi) is 1.91. The van der Waals surface area contributed by atoms with E-state index < -0.39 is 0 Å². The lowest BCUT2D eigenvalue weighted by Gasteiger charge is -2.11. The van der Waals surface area contributed by atoms with Crippen molar-refractivity contribution in [2.75, 3.05) is 0 Å². The van der Waals surface area contributed by atoms with Crippen LogP contribution in [0.25, 0.3) is 0 Å². The van der Waals surface area contributed by atoms with Crippen molar-refractivity contribution in [1.82, 2.24) is 5.32 Å². The first kappa shape index (κ1) is 7.84. The van der Waals surface area contributed by atoms with E-state index >= 15 is 0 Å². The second kappa shape index (κ2) is 2.92. The van der Waals surface area contributed by atoms with Crippen molar-refractivity contribution in [3.8, 4) is 0 Å². The number of carbonyl (C=O) groups is 1. The van der Waals surface area contributed by atoms with Gasteiger partial charge in [0.2, 0.25) is 5.91 Å². The Morgan fingerprint density at radius 3 is 2.58 bits per heavy atom. The zero-order valence-corrected chi connectivity index (χ0v) is 7.42. The Bertz CT molecular complexity index is 212. The van der Waals surface area contributed by atoms with Crippen LogP contribution in [0.4, 0.5) is 0 Å². The highest BCUT2D eigenvalue weighted by molar-refractivity contribution is 5.87. The molecule has 0 heterocycles. The minimum absolute atomic E-state index is 0.0730. The van der Waals surface area contributed by atoms with Crippen LogP contribution in [0.5, 0.6) is 0 Å². The number of hydrogen-bond acceptors (Lipinski definition) is 1. The molecule has 2 aliphatic carbocycles. The molecule has 1 N–H and O–H groups in total. The number of fused-ring (bicyclic) bond motifs is 1. The molecule has 0 saturated heterocycles. The van der Waals surface area contributed by atoms with Crippen LogP contribution >= 0.6 is 0 Å². The summed E-state index contributed by atoms with van der Waals surface area (Å²) in [5.41, 5.74) is 0. The Morgan fingerprint density at radius 1 is 1.33 bits per heavy atom. The molecule has 0 aromatic carbocycles. The van der Waals surface area contributed by atoms with E-state index in [2.05, 4.69) is 5.32 Å². The SMILES string of the molecule is C/C=C/C(=O)NC1CC2CC2C1. The molecule has 0 bridgehead atoms. The topological polar surface area (TPSA) is 29.1 Å². The van der Waals surface area contributed by atoms with Crippen LogP contribution in [-0.2, 0) is 4.79 Å². The Hall–Kier alpha value is -0.790. The monoisotopic (exact) mass is 165 g/mol. The molecule has 0 spiro atoms. The van der Waals surface area contributed by atoms with Crippen molar-refractivity contribution in [3.05, 3.63) is 12.2 Å². The lowest BCUT2D eigenvalue weighted by Crippen LogP contribution is -2.32. The van der Waals surface area contributed by atoms with E-state index in [1.165, 1.54) is 19.3 Å². The molecule has 12 heavy (non-hydrogen) atoms. The molecule has 2 saturated carbocycles. The average Bonchev–Trinajstić information content (AvgIpc) is 2.60. The number of allylic oxidation sites excluding steroid dienone is 1. The summed E-state index contributed by atoms with van der Waals surface area (Å²) in [4.78, 5) is 11.1. The summed E-state index contributed by atoms with van der Waals surface area (Å²) in [5, 5.41) is 3.01. The Labute approximate surface area is 73.0 Å². The predicted molar refractivity (Wildman–Crippen MR) is 47.6 cm³/mol. The van der Waals surface area contributed by atoms with Crippen molar-refractivity contribution >= 4 is 5.91 Å². The highest BCUT2D eigenvalue weighted by Crippen LogP contribution is 2.51. The number of amides is 1. The highest BCUT2D eigenvalue weighted by Gasteiger charge is 2.45. The first-order valence-electron chi connectivity index (χ1n) is 4.72. The quantitative estimate of drug-likeness (QED) is 0.617. The van der Waals surface area contributed by atoms with Gasteiger partial charge in [0, 0.05) is 6.04 Å². The third-order valence-corrected chi connectivity index (χ3v) is 2.91. The van der Waals surface area contributed by atoms with Crippen LogP contribution in [0.1, 0.15) is 26.2 Å². The van der Waals surface area contributed by atoms with Gasteiger partial charge in [-0.1, -0.05) is 6.08 Å². The van der Waals surface area contributed by atoms with Gasteiger partial charge in [0.25, 0.3) is 0 Å². The van der Waals surface area contributed by atoms with Gasteiger partial charge in [0.15, 0.2) is 0 Å². The molecule has 2 rings (SSSR count). The zero-order valence-electron chi connectivity index (χ0n) is 7.42. The van der Waals surface area contributed by atoms with Crippen LogP contribution in [0, 0.1) is 11.8 Å². The van der Waals surface area contributed by atoms with Gasteiger partial charge in [-0.25, -0.2) is 0 Å². The van der Waals surface area contributed by atoms with Gasteiger partial charge < -0.3 is 5.32 Å². The van der Waals surface area contributed by atoms with Gasteiger partial charge in [-0.05, 0) is 44.1 Å². The predicted octanol–water partition coefficient (Wildman–Crippen LogP) is 1.48. The molecule has 0 aromatic heterocycles. The van der Waals surface area contributed by atoms with E-state index in [-0.39, 0.29) is 5.91 Å². The largest absolute Gasteiger partial charge is 0.350 e. The highest BCUT2D eigenvalue weighted by atomic mass is 16.1. The standard InChI is InChI=1S/C10H15NO/c1-2-3-10(12)11-9-5-7-4-8(7)6-9/h2-3,7-9H,4-6H2,1H3,(H,11,12)/b3-2+. The van der Waals surface area contributed by atoms with Gasteiger partial charge in [-0.3, -0.25) is 4.79 Å². The number of nitrogens with one attached hydrogen (secondary N) is 1. The first-order valence-corrected chi connectivity index (χ1v) is 4.72. The van der Waals surface area contributed by atoms with Crippen LogP contribution in [0.3, 0.4) is 0 Å². The summed E-state index contributed by atoms with van der Waals surface area (Å²) >= 11 is 0. The average molecular weight is 165 g/mol. The molecule has 0 aromatic rings. The Morgan fingerprint density at radius 2 is 2.00 bits per heavy atom. The maximum atomic E-state index is 11.1. The molecule has 2 fully saturated rings. The fourth-order valence-electron chi connectivity index (χ4n) is 2.23. The second-order valence-corrected chi connectivity index (χ2v) is 3.93. The minimum Gasteiger partial charge on any atom is -0.350 e. The maximum absolute atomic E-state index is 11.1. The number of rotatable bonds is 2. The van der Waals surface area contributed by atoms with Gasteiger partial charge in [0.1, 0.15) is 0 Å². The van der Waals surface area contributed by atoms with Crippen LogP contribution in [0.2, 0.25) is 0 Å². The van der Waals surface area contributed by atoms with Crippen molar-refractivity contribution in [3.63, 3.8) is 0 Å². The van der Waals surface area contributed by atoms with E-state index in [1.54, 1.807) is 12.2 Å². The van der Waals surface area contributed by atoms with Gasteiger partial charge in [-0.15, -0.1) is 0 Å². The summed E-state index contributed by atoms with van der Waals surface area (Å²) < 4.78 is 0. The van der Waals surface area contributed by atoms with E-state index in [0.717, 1.165) is 11.8 Å². The molecule has 0 radical (unpaired) electrons. The molecular formula is C10H15NO. The van der Waals surface area contributed by atoms with Crippen molar-refractivity contribution < 1.29 is 4.79 Å². The number of carbonyl (C=O) groups excluding carboxylic acids is 1. The minimum atomic E-state index is 0.0730. The summed E-state index contributed by atoms with van der Waals surface area (Å²) in [7, 11) is 0. The van der Waals surface area contributed by atoms with E-state index in [4.69, 9.17) is 0 Å². The normalized spacial score (nSPS) is 38.2. The van der Waals surface area contributed by atoms with Crippen molar-refractivity contribution in [2.24, 2.45) is 11.8 Å². The number of hydrogen-bond donors (Lipinski definition) is 1. The van der Waals surface area contributed by atoms with Crippen molar-refractivity contribution in [1.29, 1.82) is 0 Å². The molecule has 0 aliphatic heterocycles. The summed E-state index contributed by atoms with van der Waals surface area (Å²) in [6.07, 6.45) is 7.23. The van der Waals surface area contributed by atoms with Crippen LogP contribution < -0.4 is 5.32 Å². The van der Waals surface area contributed by atoms with E-state index in [0.29, 0.717) is 6.04 Å². The molecule has 2 unspecified atom stereocenters. The second-order valence-electron chi connectivity index (χ2n) is 3.93. The molecule has 66 valence electrons. The molecule has 2 nitrogen and oxygen atoms in total. The van der Waals surface area contributed by atoms with Crippen LogP contribution in [-0.4, -0.2) is 11.9 Å². The zero-order chi connectivity index (χ0) is 8.55.